The van der Waals surface area contributed by atoms with Gasteiger partial charge in [0, 0.05) is 16.0 Å². The minimum absolute atomic E-state index is 0.0582. The molecule has 0 aromatic heterocycles. The molecule has 1 N–H and O–H groups in total. The molecule has 0 aliphatic carbocycles. The second-order valence-electron chi connectivity index (χ2n) is 6.71. The van der Waals surface area contributed by atoms with Gasteiger partial charge < -0.3 is 10.1 Å². The van der Waals surface area contributed by atoms with Crippen molar-refractivity contribution in [3.05, 3.63) is 63.9 Å². The van der Waals surface area contributed by atoms with Crippen molar-refractivity contribution in [1.82, 2.24) is 0 Å². The highest BCUT2D eigenvalue weighted by molar-refractivity contribution is 9.10. The number of fused-ring (bicyclic) bond motifs is 3. The fourth-order valence-corrected chi connectivity index (χ4v) is 4.52. The molecule has 1 unspecified atom stereocenters. The van der Waals surface area contributed by atoms with Gasteiger partial charge in [0.15, 0.2) is 0 Å². The minimum atomic E-state index is -0.221. The predicted molar refractivity (Wildman–Crippen MR) is 97.5 cm³/mol. The molecular formula is C20H21BrFNO. The van der Waals surface area contributed by atoms with Gasteiger partial charge in [0.05, 0.1) is 23.9 Å². The first kappa shape index (κ1) is 16.1. The molecule has 0 amide bonds. The second-order valence-corrected chi connectivity index (χ2v) is 7.63. The normalized spacial score (nSPS) is 28.6. The molecule has 126 valence electrons. The molecule has 0 radical (unpaired) electrons. The van der Waals surface area contributed by atoms with Crippen LogP contribution in [0, 0.1) is 11.7 Å². The highest BCUT2D eigenvalue weighted by atomic mass is 79.9. The molecule has 4 heteroatoms. The van der Waals surface area contributed by atoms with Gasteiger partial charge in [-0.15, -0.1) is 0 Å². The summed E-state index contributed by atoms with van der Waals surface area (Å²) in [6.45, 7) is 2.16. The van der Waals surface area contributed by atoms with Gasteiger partial charge in [-0.2, -0.15) is 0 Å². The van der Waals surface area contributed by atoms with Crippen LogP contribution in [0.4, 0.5) is 10.1 Å². The van der Waals surface area contributed by atoms with Crippen LogP contribution in [0.3, 0.4) is 0 Å². The standard InChI is InChI=1S/C20H21BrFNO/c1-2-14-8-9-15-18(12-6-4-3-5-7-12)23-19-16(20(15)24-14)10-13(21)11-17(19)22/h3-7,10-11,14-15,18,20,23H,2,8-9H2,1H3/t14-,15?,18-,20-/m0/s1. The predicted octanol–water partition coefficient (Wildman–Crippen LogP) is 6.00. The quantitative estimate of drug-likeness (QED) is 0.679. The average Bonchev–Trinajstić information content (AvgIpc) is 2.61. The maximum absolute atomic E-state index is 14.6. The van der Waals surface area contributed by atoms with Crippen molar-refractivity contribution >= 4 is 21.6 Å². The third kappa shape index (κ3) is 2.76. The molecule has 24 heavy (non-hydrogen) atoms. The molecule has 0 saturated carbocycles. The minimum Gasteiger partial charge on any atom is -0.375 e. The van der Waals surface area contributed by atoms with Crippen LogP contribution in [0.2, 0.25) is 0 Å². The van der Waals surface area contributed by atoms with E-state index < -0.39 is 0 Å². The van der Waals surface area contributed by atoms with Gasteiger partial charge in [0.2, 0.25) is 0 Å². The van der Waals surface area contributed by atoms with E-state index in [0.29, 0.717) is 11.6 Å². The van der Waals surface area contributed by atoms with E-state index in [1.807, 2.05) is 24.3 Å². The molecule has 2 aromatic carbocycles. The van der Waals surface area contributed by atoms with E-state index in [9.17, 15) is 4.39 Å². The zero-order chi connectivity index (χ0) is 16.7. The SMILES string of the molecule is CC[C@H]1CCC2[C@H](O1)c1cc(Br)cc(F)c1N[C@H]2c1ccccc1. The Morgan fingerprint density at radius 3 is 2.75 bits per heavy atom. The summed E-state index contributed by atoms with van der Waals surface area (Å²) in [5, 5.41) is 3.46. The lowest BCUT2D eigenvalue weighted by Crippen LogP contribution is -2.39. The molecule has 0 bridgehead atoms. The van der Waals surface area contributed by atoms with Crippen LogP contribution in [0.25, 0.3) is 0 Å². The zero-order valence-electron chi connectivity index (χ0n) is 13.6. The van der Waals surface area contributed by atoms with Gasteiger partial charge in [-0.25, -0.2) is 4.39 Å². The smallest absolute Gasteiger partial charge is 0.147 e. The fraction of sp³-hybridized carbons (Fsp3) is 0.400. The zero-order valence-corrected chi connectivity index (χ0v) is 15.2. The van der Waals surface area contributed by atoms with Crippen molar-refractivity contribution in [3.63, 3.8) is 0 Å². The van der Waals surface area contributed by atoms with Crippen LogP contribution >= 0.6 is 15.9 Å². The van der Waals surface area contributed by atoms with Gasteiger partial charge in [-0.05, 0) is 37.0 Å². The van der Waals surface area contributed by atoms with Crippen molar-refractivity contribution in [2.75, 3.05) is 5.32 Å². The van der Waals surface area contributed by atoms with Gasteiger partial charge in [0.25, 0.3) is 0 Å². The Labute approximate surface area is 150 Å². The Kier molecular flexibility index (Phi) is 4.35. The molecule has 2 aliphatic rings. The molecule has 2 heterocycles. The van der Waals surface area contributed by atoms with E-state index in [4.69, 9.17) is 4.74 Å². The van der Waals surface area contributed by atoms with Crippen LogP contribution in [-0.4, -0.2) is 6.10 Å². The van der Waals surface area contributed by atoms with E-state index in [0.717, 1.165) is 29.3 Å². The largest absolute Gasteiger partial charge is 0.375 e. The van der Waals surface area contributed by atoms with Crippen LogP contribution < -0.4 is 5.32 Å². The lowest BCUT2D eigenvalue weighted by atomic mass is 9.76. The van der Waals surface area contributed by atoms with E-state index >= 15 is 0 Å². The maximum atomic E-state index is 14.6. The van der Waals surface area contributed by atoms with Crippen LogP contribution in [0.15, 0.2) is 46.9 Å². The lowest BCUT2D eigenvalue weighted by Gasteiger charge is -2.45. The Hall–Kier alpha value is -1.39. The summed E-state index contributed by atoms with van der Waals surface area (Å²) in [7, 11) is 0. The molecule has 4 rings (SSSR count). The lowest BCUT2D eigenvalue weighted by molar-refractivity contribution is -0.0942. The first-order valence-electron chi connectivity index (χ1n) is 8.63. The summed E-state index contributed by atoms with van der Waals surface area (Å²) in [6, 6.07) is 13.9. The number of benzene rings is 2. The molecule has 2 aliphatic heterocycles. The summed E-state index contributed by atoms with van der Waals surface area (Å²) in [5.74, 6) is 0.0948. The third-order valence-electron chi connectivity index (χ3n) is 5.28. The van der Waals surface area contributed by atoms with E-state index in [2.05, 4.69) is 40.3 Å². The number of anilines is 1. The third-order valence-corrected chi connectivity index (χ3v) is 5.74. The molecule has 1 saturated heterocycles. The molecule has 0 spiro atoms. The summed E-state index contributed by atoms with van der Waals surface area (Å²) in [5.41, 5.74) is 2.72. The first-order valence-corrected chi connectivity index (χ1v) is 9.42. The molecule has 2 nitrogen and oxygen atoms in total. The topological polar surface area (TPSA) is 21.3 Å². The van der Waals surface area contributed by atoms with Crippen molar-refractivity contribution in [1.29, 1.82) is 0 Å². The number of nitrogens with one attached hydrogen (secondary N) is 1. The summed E-state index contributed by atoms with van der Waals surface area (Å²) >= 11 is 3.43. The summed E-state index contributed by atoms with van der Waals surface area (Å²) in [6.07, 6.45) is 3.35. The van der Waals surface area contributed by atoms with Crippen molar-refractivity contribution < 1.29 is 9.13 Å². The number of rotatable bonds is 2. The Bertz CT molecular complexity index is 736. The van der Waals surface area contributed by atoms with Crippen molar-refractivity contribution in [2.45, 2.75) is 44.4 Å². The highest BCUT2D eigenvalue weighted by Gasteiger charge is 2.42. The van der Waals surface area contributed by atoms with Gasteiger partial charge >= 0.3 is 0 Å². The van der Waals surface area contributed by atoms with Crippen LogP contribution in [0.5, 0.6) is 0 Å². The van der Waals surface area contributed by atoms with E-state index in [-0.39, 0.29) is 24.1 Å². The molecular weight excluding hydrogens is 369 g/mol. The second kappa shape index (κ2) is 6.49. The highest BCUT2D eigenvalue weighted by Crippen LogP contribution is 2.51. The fourth-order valence-electron chi connectivity index (χ4n) is 4.08. The molecule has 1 fully saturated rings. The van der Waals surface area contributed by atoms with E-state index in [1.165, 1.54) is 11.6 Å². The van der Waals surface area contributed by atoms with Crippen molar-refractivity contribution in [3.8, 4) is 0 Å². The number of hydrogen-bond acceptors (Lipinski definition) is 2. The van der Waals surface area contributed by atoms with Crippen molar-refractivity contribution in [2.24, 2.45) is 5.92 Å². The average molecular weight is 390 g/mol. The number of halogens is 2. The Balaban J connectivity index is 1.80. The Morgan fingerprint density at radius 1 is 1.21 bits per heavy atom. The van der Waals surface area contributed by atoms with Crippen LogP contribution in [0.1, 0.15) is 49.5 Å². The molecule has 2 aromatic rings. The van der Waals surface area contributed by atoms with Crippen LogP contribution in [-0.2, 0) is 4.74 Å². The van der Waals surface area contributed by atoms with Gasteiger partial charge in [-0.1, -0.05) is 53.2 Å². The number of ether oxygens (including phenoxy) is 1. The summed E-state index contributed by atoms with van der Waals surface area (Å²) < 4.78 is 21.8. The van der Waals surface area contributed by atoms with E-state index in [1.54, 1.807) is 0 Å². The summed E-state index contributed by atoms with van der Waals surface area (Å²) in [4.78, 5) is 0. The molecule has 4 atom stereocenters. The van der Waals surface area contributed by atoms with Gasteiger partial charge in [0.1, 0.15) is 5.82 Å². The van der Waals surface area contributed by atoms with Gasteiger partial charge in [-0.3, -0.25) is 0 Å². The number of hydrogen-bond donors (Lipinski definition) is 1. The maximum Gasteiger partial charge on any atom is 0.147 e. The monoisotopic (exact) mass is 389 g/mol. The Morgan fingerprint density at radius 2 is 2.00 bits per heavy atom. The first-order chi connectivity index (χ1) is 11.7.